The van der Waals surface area contributed by atoms with Crippen LogP contribution in [-0.4, -0.2) is 18.9 Å². The lowest BCUT2D eigenvalue weighted by Gasteiger charge is -2.07. The van der Waals surface area contributed by atoms with Gasteiger partial charge in [-0.2, -0.15) is 0 Å². The number of benzene rings is 2. The van der Waals surface area contributed by atoms with Gasteiger partial charge in [0.1, 0.15) is 17.5 Å². The number of halogens is 4. The van der Waals surface area contributed by atoms with Crippen molar-refractivity contribution in [3.05, 3.63) is 71.0 Å². The van der Waals surface area contributed by atoms with Crippen molar-refractivity contribution < 1.29 is 31.8 Å². The van der Waals surface area contributed by atoms with Crippen LogP contribution in [0.2, 0.25) is 0 Å². The Labute approximate surface area is 158 Å². The molecule has 3 nitrogen and oxygen atoms in total. The van der Waals surface area contributed by atoms with Crippen LogP contribution in [-0.2, 0) is 9.53 Å². The topological polar surface area (TPSA) is 35.5 Å². The van der Waals surface area contributed by atoms with Crippen molar-refractivity contribution >= 4 is 11.5 Å². The fourth-order valence-electron chi connectivity index (χ4n) is 2.65. The summed E-state index contributed by atoms with van der Waals surface area (Å²) in [6.07, 6.45) is -4.76. The van der Waals surface area contributed by atoms with E-state index in [9.17, 15) is 22.4 Å². The molecule has 3 rings (SSSR count). The maximum atomic E-state index is 13.1. The number of carbonyl (C=O) groups excluding carboxylic acids is 1. The number of rotatable bonds is 4. The van der Waals surface area contributed by atoms with Crippen LogP contribution in [0.3, 0.4) is 0 Å². The minimum absolute atomic E-state index is 0.216. The van der Waals surface area contributed by atoms with Crippen molar-refractivity contribution in [2.24, 2.45) is 5.92 Å². The molecular weight excluding hydrogens is 376 g/mol. The van der Waals surface area contributed by atoms with Crippen LogP contribution < -0.4 is 4.74 Å². The molecule has 0 fully saturated rings. The van der Waals surface area contributed by atoms with E-state index >= 15 is 0 Å². The van der Waals surface area contributed by atoms with E-state index in [1.165, 1.54) is 24.3 Å². The molecule has 0 bridgehead atoms. The van der Waals surface area contributed by atoms with Crippen LogP contribution >= 0.6 is 0 Å². The number of esters is 1. The third-order valence-corrected chi connectivity index (χ3v) is 3.89. The molecule has 2 aromatic rings. The van der Waals surface area contributed by atoms with E-state index in [1.807, 2.05) is 0 Å². The first-order chi connectivity index (χ1) is 13.3. The van der Waals surface area contributed by atoms with Gasteiger partial charge in [0, 0.05) is 11.1 Å². The van der Waals surface area contributed by atoms with Gasteiger partial charge in [0.25, 0.3) is 0 Å². The van der Waals surface area contributed by atoms with Crippen molar-refractivity contribution in [3.63, 3.8) is 0 Å². The molecule has 1 aliphatic rings. The Morgan fingerprint density at radius 3 is 2.25 bits per heavy atom. The summed E-state index contributed by atoms with van der Waals surface area (Å²) < 4.78 is 58.6. The molecule has 1 atom stereocenters. The van der Waals surface area contributed by atoms with E-state index < -0.39 is 24.1 Å². The quantitative estimate of drug-likeness (QED) is 0.431. The molecule has 0 saturated heterocycles. The first-order valence-corrected chi connectivity index (χ1v) is 8.33. The zero-order chi connectivity index (χ0) is 20.3. The van der Waals surface area contributed by atoms with Crippen LogP contribution in [0.15, 0.2) is 54.1 Å². The minimum atomic E-state index is -4.76. The Hall–Kier alpha value is -3.27. The average molecular weight is 390 g/mol. The Morgan fingerprint density at radius 1 is 1.04 bits per heavy atom. The third kappa shape index (κ3) is 4.71. The summed E-state index contributed by atoms with van der Waals surface area (Å²) in [6.45, 7) is 1.90. The van der Waals surface area contributed by atoms with Crippen LogP contribution in [0.1, 0.15) is 18.1 Å². The molecule has 144 valence electrons. The number of carbonyl (C=O) groups is 1. The molecule has 0 radical (unpaired) electrons. The predicted octanol–water partition coefficient (Wildman–Crippen LogP) is 4.72. The molecule has 0 heterocycles. The average Bonchev–Trinajstić information content (AvgIpc) is 3.35. The Morgan fingerprint density at radius 2 is 1.68 bits per heavy atom. The third-order valence-electron chi connectivity index (χ3n) is 3.89. The summed E-state index contributed by atoms with van der Waals surface area (Å²) in [4.78, 5) is 12.1. The minimum Gasteiger partial charge on any atom is -0.465 e. The van der Waals surface area contributed by atoms with Gasteiger partial charge in [0.15, 0.2) is 0 Å². The highest BCUT2D eigenvalue weighted by Crippen LogP contribution is 2.47. The van der Waals surface area contributed by atoms with E-state index in [2.05, 4.69) is 16.6 Å². The molecule has 0 saturated carbocycles. The van der Waals surface area contributed by atoms with Gasteiger partial charge in [-0.1, -0.05) is 24.0 Å². The predicted molar refractivity (Wildman–Crippen MR) is 93.4 cm³/mol. The first-order valence-electron chi connectivity index (χ1n) is 8.33. The van der Waals surface area contributed by atoms with E-state index in [-0.39, 0.29) is 12.4 Å². The summed E-state index contributed by atoms with van der Waals surface area (Å²) in [6, 6.07) is 10.7. The molecule has 0 N–H and O–H groups in total. The first kappa shape index (κ1) is 19.5. The molecule has 28 heavy (non-hydrogen) atoms. The van der Waals surface area contributed by atoms with E-state index in [0.29, 0.717) is 22.3 Å². The summed E-state index contributed by atoms with van der Waals surface area (Å²) in [5, 5.41) is 0. The molecule has 7 heteroatoms. The molecule has 1 unspecified atom stereocenters. The SMILES string of the molecule is CCOC(=O)C1C(C#Cc2ccc(OC(F)(F)F)cc2)=C1c1ccc(F)cc1. The summed E-state index contributed by atoms with van der Waals surface area (Å²) in [5.74, 6) is 3.87. The smallest absolute Gasteiger partial charge is 0.465 e. The van der Waals surface area contributed by atoms with Gasteiger partial charge in [-0.3, -0.25) is 4.79 Å². The molecule has 0 amide bonds. The molecule has 0 aliphatic heterocycles. The van der Waals surface area contributed by atoms with Gasteiger partial charge in [0.05, 0.1) is 6.61 Å². The highest BCUT2D eigenvalue weighted by Gasteiger charge is 2.43. The van der Waals surface area contributed by atoms with Crippen LogP contribution in [0.4, 0.5) is 17.6 Å². The van der Waals surface area contributed by atoms with E-state index in [0.717, 1.165) is 12.1 Å². The second kappa shape index (κ2) is 7.77. The zero-order valence-corrected chi connectivity index (χ0v) is 14.6. The van der Waals surface area contributed by atoms with Gasteiger partial charge in [-0.15, -0.1) is 13.2 Å². The van der Waals surface area contributed by atoms with Gasteiger partial charge >= 0.3 is 12.3 Å². The fourth-order valence-corrected chi connectivity index (χ4v) is 2.65. The number of ether oxygens (including phenoxy) is 2. The summed E-state index contributed by atoms with van der Waals surface area (Å²) in [5.41, 5.74) is 2.32. The number of alkyl halides is 3. The Kier molecular flexibility index (Phi) is 5.41. The van der Waals surface area contributed by atoms with E-state index in [1.54, 1.807) is 19.1 Å². The second-order valence-electron chi connectivity index (χ2n) is 5.84. The Bertz CT molecular complexity index is 962. The lowest BCUT2D eigenvalue weighted by atomic mass is 10.1. The van der Waals surface area contributed by atoms with Crippen molar-refractivity contribution in [1.82, 2.24) is 0 Å². The fraction of sp³-hybridized carbons (Fsp3) is 0.190. The summed E-state index contributed by atoms with van der Waals surface area (Å²) in [7, 11) is 0. The molecule has 0 spiro atoms. The number of hydrogen-bond acceptors (Lipinski definition) is 3. The monoisotopic (exact) mass is 390 g/mol. The van der Waals surface area contributed by atoms with Crippen molar-refractivity contribution in [2.45, 2.75) is 13.3 Å². The molecule has 1 aliphatic carbocycles. The summed E-state index contributed by atoms with van der Waals surface area (Å²) >= 11 is 0. The zero-order valence-electron chi connectivity index (χ0n) is 14.6. The second-order valence-corrected chi connectivity index (χ2v) is 5.84. The van der Waals surface area contributed by atoms with Crippen molar-refractivity contribution in [3.8, 4) is 17.6 Å². The van der Waals surface area contributed by atoms with Gasteiger partial charge in [-0.05, 0) is 54.5 Å². The lowest BCUT2D eigenvalue weighted by molar-refractivity contribution is -0.274. The Balaban J connectivity index is 1.82. The van der Waals surface area contributed by atoms with Crippen molar-refractivity contribution in [2.75, 3.05) is 6.61 Å². The molecule has 0 aromatic heterocycles. The lowest BCUT2D eigenvalue weighted by Crippen LogP contribution is -2.16. The van der Waals surface area contributed by atoms with Gasteiger partial charge < -0.3 is 9.47 Å². The highest BCUT2D eigenvalue weighted by atomic mass is 19.4. The number of hydrogen-bond donors (Lipinski definition) is 0. The van der Waals surface area contributed by atoms with Crippen LogP contribution in [0, 0.1) is 23.6 Å². The molecule has 2 aromatic carbocycles. The van der Waals surface area contributed by atoms with Crippen molar-refractivity contribution in [1.29, 1.82) is 0 Å². The van der Waals surface area contributed by atoms with Gasteiger partial charge in [0.2, 0.25) is 0 Å². The van der Waals surface area contributed by atoms with Gasteiger partial charge in [-0.25, -0.2) is 4.39 Å². The maximum Gasteiger partial charge on any atom is 0.573 e. The van der Waals surface area contributed by atoms with Crippen LogP contribution in [0.25, 0.3) is 5.57 Å². The normalized spacial score (nSPS) is 15.5. The largest absolute Gasteiger partial charge is 0.573 e. The standard InChI is InChI=1S/C21H14F4O3/c1-2-27-20(26)19-17(18(19)14-6-8-15(22)9-7-14)12-5-13-3-10-16(11-4-13)28-21(23,24)25/h3-4,6-11,19H,2H2,1H3. The highest BCUT2D eigenvalue weighted by molar-refractivity contribution is 6.06. The maximum absolute atomic E-state index is 13.1. The molecular formula is C21H14F4O3. The van der Waals surface area contributed by atoms with E-state index in [4.69, 9.17) is 4.74 Å². The van der Waals surface area contributed by atoms with Crippen LogP contribution in [0.5, 0.6) is 5.75 Å².